The average Bonchev–Trinajstić information content (AvgIpc) is 2.18. The summed E-state index contributed by atoms with van der Waals surface area (Å²) in [5.41, 5.74) is 1.54. The van der Waals surface area contributed by atoms with Crippen LogP contribution in [-0.2, 0) is 4.74 Å². The Labute approximate surface area is 81.6 Å². The normalized spacial score (nSPS) is 9.38. The molecule has 0 aliphatic heterocycles. The highest BCUT2D eigenvalue weighted by atomic mass is 32.2. The number of hydrogen-bond donors (Lipinski definition) is 1. The van der Waals surface area contributed by atoms with Crippen molar-refractivity contribution in [3.63, 3.8) is 0 Å². The van der Waals surface area contributed by atoms with Gasteiger partial charge in [-0.15, -0.1) is 0 Å². The second-order valence-electron chi connectivity index (χ2n) is 2.38. The van der Waals surface area contributed by atoms with E-state index in [-0.39, 0.29) is 5.97 Å². The van der Waals surface area contributed by atoms with Gasteiger partial charge < -0.3 is 9.46 Å². The molecule has 0 fully saturated rings. The fourth-order valence-corrected chi connectivity index (χ4v) is 1.28. The minimum Gasteiger partial charge on any atom is -0.465 e. The lowest BCUT2D eigenvalue weighted by molar-refractivity contribution is 0.0601. The number of hydrogen-bond acceptors (Lipinski definition) is 4. The quantitative estimate of drug-likeness (QED) is 0.595. The molecule has 4 heteroatoms. The van der Waals surface area contributed by atoms with E-state index in [4.69, 9.17) is 0 Å². The number of esters is 1. The third-order valence-electron chi connectivity index (χ3n) is 1.53. The highest BCUT2D eigenvalue weighted by molar-refractivity contribution is 7.99. The Morgan fingerprint density at radius 2 is 2.00 bits per heavy atom. The van der Waals surface area contributed by atoms with Gasteiger partial charge in [-0.25, -0.2) is 4.79 Å². The maximum atomic E-state index is 11.0. The van der Waals surface area contributed by atoms with E-state index >= 15 is 0 Å². The van der Waals surface area contributed by atoms with Gasteiger partial charge >= 0.3 is 5.97 Å². The lowest BCUT2D eigenvalue weighted by Gasteiger charge is -2.02. The largest absolute Gasteiger partial charge is 0.465 e. The third kappa shape index (κ3) is 2.66. The smallest absolute Gasteiger partial charge is 0.337 e. The first-order valence-electron chi connectivity index (χ1n) is 3.75. The number of rotatable bonds is 3. The molecule has 1 N–H and O–H groups in total. The molecule has 0 spiro atoms. The van der Waals surface area contributed by atoms with Crippen molar-refractivity contribution in [1.82, 2.24) is 0 Å². The molecule has 0 amide bonds. The fourth-order valence-electron chi connectivity index (χ4n) is 0.910. The molecule has 0 atom stereocenters. The van der Waals surface area contributed by atoms with Gasteiger partial charge in [-0.2, -0.15) is 0 Å². The van der Waals surface area contributed by atoms with Gasteiger partial charge in [0, 0.05) is 11.9 Å². The van der Waals surface area contributed by atoms with Crippen LogP contribution >= 0.6 is 11.9 Å². The van der Waals surface area contributed by atoms with Gasteiger partial charge in [0.25, 0.3) is 0 Å². The summed E-state index contributed by atoms with van der Waals surface area (Å²) in [5.74, 6) is -0.310. The van der Waals surface area contributed by atoms with E-state index in [1.807, 2.05) is 18.4 Å². The molecule has 0 unspecified atom stereocenters. The third-order valence-corrected chi connectivity index (χ3v) is 1.97. The number of methoxy groups -OCH3 is 1. The average molecular weight is 197 g/mol. The summed E-state index contributed by atoms with van der Waals surface area (Å²) in [6.45, 7) is 0. The molecule has 3 nitrogen and oxygen atoms in total. The first kappa shape index (κ1) is 9.92. The Bertz CT molecular complexity index is 284. The van der Waals surface area contributed by atoms with Gasteiger partial charge in [0.1, 0.15) is 0 Å². The minimum atomic E-state index is -0.310. The Morgan fingerprint density at radius 3 is 2.46 bits per heavy atom. The van der Waals surface area contributed by atoms with Crippen molar-refractivity contribution in [1.29, 1.82) is 0 Å². The number of benzene rings is 1. The summed E-state index contributed by atoms with van der Waals surface area (Å²) < 4.78 is 7.63. The van der Waals surface area contributed by atoms with Gasteiger partial charge in [0.2, 0.25) is 0 Å². The van der Waals surface area contributed by atoms with Gasteiger partial charge in [0.05, 0.1) is 12.7 Å². The monoisotopic (exact) mass is 197 g/mol. The van der Waals surface area contributed by atoms with Crippen LogP contribution in [0, 0.1) is 0 Å². The first-order chi connectivity index (χ1) is 6.27. The highest BCUT2D eigenvalue weighted by Crippen LogP contribution is 2.12. The molecule has 1 aromatic rings. The van der Waals surface area contributed by atoms with Crippen LogP contribution in [0.1, 0.15) is 10.4 Å². The summed E-state index contributed by atoms with van der Waals surface area (Å²) in [4.78, 5) is 11.0. The van der Waals surface area contributed by atoms with E-state index in [1.54, 1.807) is 12.1 Å². The second kappa shape index (κ2) is 4.77. The van der Waals surface area contributed by atoms with Crippen LogP contribution in [0.2, 0.25) is 0 Å². The zero-order chi connectivity index (χ0) is 9.68. The second-order valence-corrected chi connectivity index (χ2v) is 2.99. The summed E-state index contributed by atoms with van der Waals surface area (Å²) >= 11 is 1.51. The van der Waals surface area contributed by atoms with Crippen LogP contribution in [0.3, 0.4) is 0 Å². The Hall–Kier alpha value is -1.16. The summed E-state index contributed by atoms with van der Waals surface area (Å²) in [6, 6.07) is 7.13. The van der Waals surface area contributed by atoms with Crippen molar-refractivity contribution in [2.75, 3.05) is 18.1 Å². The molecule has 0 heterocycles. The van der Waals surface area contributed by atoms with Crippen LogP contribution in [0.5, 0.6) is 0 Å². The molecular weight excluding hydrogens is 186 g/mol. The van der Waals surface area contributed by atoms with Crippen molar-refractivity contribution in [2.45, 2.75) is 0 Å². The zero-order valence-electron chi connectivity index (χ0n) is 7.53. The Morgan fingerprint density at radius 1 is 1.38 bits per heavy atom. The Balaban J connectivity index is 2.75. The molecule has 1 aromatic carbocycles. The van der Waals surface area contributed by atoms with Crippen LogP contribution in [-0.4, -0.2) is 19.3 Å². The summed E-state index contributed by atoms with van der Waals surface area (Å²) in [6.07, 6.45) is 1.94. The molecule has 0 radical (unpaired) electrons. The van der Waals surface area contributed by atoms with E-state index in [1.165, 1.54) is 19.1 Å². The van der Waals surface area contributed by atoms with Crippen molar-refractivity contribution < 1.29 is 9.53 Å². The van der Waals surface area contributed by atoms with Crippen molar-refractivity contribution in [2.24, 2.45) is 0 Å². The molecular formula is C9H11NO2S. The fraction of sp³-hybridized carbons (Fsp3) is 0.222. The molecule has 0 saturated carbocycles. The maximum absolute atomic E-state index is 11.0. The number of anilines is 1. The van der Waals surface area contributed by atoms with E-state index in [0.717, 1.165) is 5.69 Å². The van der Waals surface area contributed by atoms with Crippen molar-refractivity contribution in [3.8, 4) is 0 Å². The van der Waals surface area contributed by atoms with E-state index in [2.05, 4.69) is 9.46 Å². The highest BCUT2D eigenvalue weighted by Gasteiger charge is 2.03. The lowest BCUT2D eigenvalue weighted by Crippen LogP contribution is -2.00. The van der Waals surface area contributed by atoms with Crippen LogP contribution < -0.4 is 4.72 Å². The summed E-state index contributed by atoms with van der Waals surface area (Å²) in [7, 11) is 1.37. The van der Waals surface area contributed by atoms with Crippen molar-refractivity contribution >= 4 is 23.6 Å². The lowest BCUT2D eigenvalue weighted by atomic mass is 10.2. The maximum Gasteiger partial charge on any atom is 0.337 e. The predicted molar refractivity (Wildman–Crippen MR) is 54.9 cm³/mol. The molecule has 0 bridgehead atoms. The molecule has 13 heavy (non-hydrogen) atoms. The van der Waals surface area contributed by atoms with Gasteiger partial charge in [-0.05, 0) is 24.3 Å². The Kier molecular flexibility index (Phi) is 3.64. The SMILES string of the molecule is COC(=O)c1ccc(NSC)cc1. The molecule has 0 aliphatic carbocycles. The van der Waals surface area contributed by atoms with Crippen LogP contribution in [0.4, 0.5) is 5.69 Å². The minimum absolute atomic E-state index is 0.310. The van der Waals surface area contributed by atoms with E-state index in [9.17, 15) is 4.79 Å². The first-order valence-corrected chi connectivity index (χ1v) is 4.97. The molecule has 0 aliphatic rings. The molecule has 0 aromatic heterocycles. The van der Waals surface area contributed by atoms with Crippen molar-refractivity contribution in [3.05, 3.63) is 29.8 Å². The molecule has 0 saturated heterocycles. The summed E-state index contributed by atoms with van der Waals surface area (Å²) in [5, 5.41) is 0. The van der Waals surface area contributed by atoms with Crippen LogP contribution in [0.15, 0.2) is 24.3 Å². The van der Waals surface area contributed by atoms with E-state index < -0.39 is 0 Å². The number of ether oxygens (including phenoxy) is 1. The molecule has 70 valence electrons. The van der Waals surface area contributed by atoms with E-state index in [0.29, 0.717) is 5.56 Å². The molecule has 1 rings (SSSR count). The standard InChI is InChI=1S/C9H11NO2S/c1-12-9(11)7-3-5-8(6-4-7)10-13-2/h3-6,10H,1-2H3. The van der Waals surface area contributed by atoms with Gasteiger partial charge in [-0.3, -0.25) is 0 Å². The van der Waals surface area contributed by atoms with Gasteiger partial charge in [-0.1, -0.05) is 11.9 Å². The topological polar surface area (TPSA) is 38.3 Å². The predicted octanol–water partition coefficient (Wildman–Crippen LogP) is 2.16. The number of carbonyl (C=O) groups is 1. The van der Waals surface area contributed by atoms with Gasteiger partial charge in [0.15, 0.2) is 0 Å². The number of nitrogens with one attached hydrogen (secondary N) is 1. The van der Waals surface area contributed by atoms with Crippen LogP contribution in [0.25, 0.3) is 0 Å². The number of carbonyl (C=O) groups excluding carboxylic acids is 1. The zero-order valence-corrected chi connectivity index (χ0v) is 8.35.